The third kappa shape index (κ3) is 6.67. The molecule has 4 nitrogen and oxygen atoms in total. The number of aryl methyl sites for hydroxylation is 2. The van der Waals surface area contributed by atoms with E-state index < -0.39 is 0 Å². The molecule has 2 N–H and O–H groups in total. The molecule has 5 heteroatoms. The van der Waals surface area contributed by atoms with Gasteiger partial charge >= 0.3 is 0 Å². The Morgan fingerprint density at radius 2 is 1.85 bits per heavy atom. The molecule has 0 heterocycles. The third-order valence-electron chi connectivity index (χ3n) is 10.8. The molecule has 2 fully saturated rings. The smallest absolute Gasteiger partial charge is 0.232 e. The number of aromatic hydroxyl groups is 1. The molecular formula is C36H51NO3S. The molecule has 41 heavy (non-hydrogen) atoms. The van der Waals surface area contributed by atoms with Crippen LogP contribution in [0.3, 0.4) is 0 Å². The Labute approximate surface area is 252 Å². The molecule has 0 bridgehead atoms. The van der Waals surface area contributed by atoms with Crippen molar-refractivity contribution >= 4 is 17.7 Å². The summed E-state index contributed by atoms with van der Waals surface area (Å²) in [4.78, 5) is 14.1. The number of unbranched alkanes of at least 4 members (excludes halogenated alkanes) is 3. The van der Waals surface area contributed by atoms with E-state index in [-0.39, 0.29) is 17.4 Å². The number of amides is 1. The zero-order chi connectivity index (χ0) is 29.0. The number of phenolic OH excluding ortho intramolecular Hbond substituents is 1. The molecule has 1 amide bonds. The molecule has 0 radical (unpaired) electrons. The molecule has 0 saturated heterocycles. The fourth-order valence-corrected chi connectivity index (χ4v) is 9.37. The van der Waals surface area contributed by atoms with Gasteiger partial charge in [-0.3, -0.25) is 4.79 Å². The van der Waals surface area contributed by atoms with E-state index in [0.29, 0.717) is 35.2 Å². The molecule has 2 aromatic carbocycles. The number of aliphatic hydroxyl groups is 1. The summed E-state index contributed by atoms with van der Waals surface area (Å²) in [5, 5.41) is 21.3. The number of hydrogen-bond acceptors (Lipinski definition) is 4. The maximum absolute atomic E-state index is 12.2. The number of phenols is 1. The number of carbonyl (C=O) groups excluding carboxylic acids is 1. The standard InChI is InChI=1S/C36H51NO3S/c1-4-5-20-37(3)34(40)24-41-21-8-6-7-9-25-10-12-26(13-11-25)31-23-36(2)32(18-19-33(36)39)30-16-14-27-22-28(38)15-17-29(27)35(30)31/h10-13,15,17,22,30-33,35,38-39H,4-9,14,16,18-21,23-24H2,1-3H3/t30-,31+,32-,33-,35+,36-/m0/s1. The zero-order valence-electron chi connectivity index (χ0n) is 25.5. The van der Waals surface area contributed by atoms with Gasteiger partial charge in [-0.1, -0.05) is 57.0 Å². The van der Waals surface area contributed by atoms with Crippen LogP contribution in [-0.4, -0.2) is 52.2 Å². The predicted octanol–water partition coefficient (Wildman–Crippen LogP) is 7.71. The highest BCUT2D eigenvalue weighted by atomic mass is 32.2. The number of thioether (sulfide) groups is 1. The summed E-state index contributed by atoms with van der Waals surface area (Å²) in [5.74, 6) is 4.33. The van der Waals surface area contributed by atoms with Crippen LogP contribution in [0.5, 0.6) is 5.75 Å². The first-order chi connectivity index (χ1) is 19.8. The van der Waals surface area contributed by atoms with Crippen molar-refractivity contribution in [1.82, 2.24) is 4.90 Å². The van der Waals surface area contributed by atoms with Gasteiger partial charge in [0.15, 0.2) is 0 Å². The van der Waals surface area contributed by atoms with Crippen LogP contribution in [0.4, 0.5) is 0 Å². The Balaban J connectivity index is 1.17. The van der Waals surface area contributed by atoms with Crippen LogP contribution in [0.1, 0.15) is 106 Å². The molecule has 0 aromatic heterocycles. The molecular weight excluding hydrogens is 526 g/mol. The van der Waals surface area contributed by atoms with E-state index in [1.54, 1.807) is 11.8 Å². The van der Waals surface area contributed by atoms with Crippen LogP contribution in [0.2, 0.25) is 0 Å². The highest BCUT2D eigenvalue weighted by Gasteiger charge is 2.57. The van der Waals surface area contributed by atoms with Crippen LogP contribution in [-0.2, 0) is 17.6 Å². The SMILES string of the molecule is CCCCN(C)C(=O)CSCCCCCc1ccc([C@H]2C[C@]3(C)[C@@H](O)CC[C@H]3[C@@H]3CCc4cc(O)ccc4[C@H]32)cc1. The molecule has 5 rings (SSSR count). The number of benzene rings is 2. The van der Waals surface area contributed by atoms with Crippen molar-refractivity contribution in [3.05, 3.63) is 64.7 Å². The number of aliphatic hydroxyl groups excluding tert-OH is 1. The Kier molecular flexibility index (Phi) is 10.1. The normalized spacial score (nSPS) is 28.5. The van der Waals surface area contributed by atoms with Crippen molar-refractivity contribution < 1.29 is 15.0 Å². The first-order valence-electron chi connectivity index (χ1n) is 16.2. The predicted molar refractivity (Wildman–Crippen MR) is 171 cm³/mol. The summed E-state index contributed by atoms with van der Waals surface area (Å²) < 4.78 is 0. The second kappa shape index (κ2) is 13.5. The molecule has 0 aliphatic heterocycles. The molecule has 224 valence electrons. The summed E-state index contributed by atoms with van der Waals surface area (Å²) in [7, 11) is 1.92. The summed E-state index contributed by atoms with van der Waals surface area (Å²) in [6.45, 7) is 5.39. The van der Waals surface area contributed by atoms with Gasteiger partial charge in [0.1, 0.15) is 5.75 Å². The summed E-state index contributed by atoms with van der Waals surface area (Å²) in [5.41, 5.74) is 5.56. The fourth-order valence-electron chi connectivity index (χ4n) is 8.42. The Morgan fingerprint density at radius 1 is 1.05 bits per heavy atom. The van der Waals surface area contributed by atoms with Gasteiger partial charge in [-0.05, 0) is 127 Å². The van der Waals surface area contributed by atoms with Crippen LogP contribution >= 0.6 is 11.8 Å². The largest absolute Gasteiger partial charge is 0.508 e. The first kappa shape index (κ1) is 30.5. The minimum absolute atomic E-state index is 0.00747. The maximum atomic E-state index is 12.2. The van der Waals surface area contributed by atoms with E-state index in [9.17, 15) is 15.0 Å². The van der Waals surface area contributed by atoms with Gasteiger partial charge in [0, 0.05) is 13.6 Å². The van der Waals surface area contributed by atoms with Crippen molar-refractivity contribution in [1.29, 1.82) is 0 Å². The fraction of sp³-hybridized carbons (Fsp3) is 0.639. The van der Waals surface area contributed by atoms with Gasteiger partial charge in [0.05, 0.1) is 11.9 Å². The zero-order valence-corrected chi connectivity index (χ0v) is 26.3. The van der Waals surface area contributed by atoms with E-state index in [0.717, 1.165) is 70.1 Å². The van der Waals surface area contributed by atoms with Gasteiger partial charge in [-0.2, -0.15) is 11.8 Å². The van der Waals surface area contributed by atoms with E-state index in [4.69, 9.17) is 0 Å². The van der Waals surface area contributed by atoms with Crippen molar-refractivity contribution in [2.45, 2.75) is 102 Å². The van der Waals surface area contributed by atoms with E-state index in [2.05, 4.69) is 44.2 Å². The van der Waals surface area contributed by atoms with Gasteiger partial charge in [-0.25, -0.2) is 0 Å². The highest BCUT2D eigenvalue weighted by molar-refractivity contribution is 7.99. The first-order valence-corrected chi connectivity index (χ1v) is 17.4. The lowest BCUT2D eigenvalue weighted by atomic mass is 9.51. The van der Waals surface area contributed by atoms with E-state index in [1.165, 1.54) is 35.1 Å². The summed E-state index contributed by atoms with van der Waals surface area (Å²) in [6.07, 6.45) is 11.9. The minimum Gasteiger partial charge on any atom is -0.508 e. The number of fused-ring (bicyclic) bond motifs is 5. The Bertz CT molecular complexity index is 1170. The lowest BCUT2D eigenvalue weighted by Crippen LogP contribution is -2.47. The number of nitrogens with zero attached hydrogens (tertiary/aromatic N) is 1. The van der Waals surface area contributed by atoms with Crippen LogP contribution in [0, 0.1) is 17.3 Å². The molecule has 0 unspecified atom stereocenters. The van der Waals surface area contributed by atoms with Crippen molar-refractivity contribution in [3.8, 4) is 5.75 Å². The summed E-state index contributed by atoms with van der Waals surface area (Å²) in [6, 6.07) is 15.5. The van der Waals surface area contributed by atoms with Gasteiger partial charge < -0.3 is 15.1 Å². The number of rotatable bonds is 12. The molecule has 3 aliphatic rings. The molecule has 2 saturated carbocycles. The van der Waals surface area contributed by atoms with Crippen LogP contribution in [0.15, 0.2) is 42.5 Å². The van der Waals surface area contributed by atoms with Crippen molar-refractivity contribution in [3.63, 3.8) is 0 Å². The minimum atomic E-state index is -0.199. The number of carbonyl (C=O) groups is 1. The summed E-state index contributed by atoms with van der Waals surface area (Å²) >= 11 is 1.78. The molecule has 6 atom stereocenters. The monoisotopic (exact) mass is 577 g/mol. The lowest BCUT2D eigenvalue weighted by molar-refractivity contribution is -0.127. The second-order valence-electron chi connectivity index (χ2n) is 13.4. The average molecular weight is 578 g/mol. The van der Waals surface area contributed by atoms with Gasteiger partial charge in [0.25, 0.3) is 0 Å². The topological polar surface area (TPSA) is 60.8 Å². The van der Waals surface area contributed by atoms with Crippen molar-refractivity contribution in [2.24, 2.45) is 17.3 Å². The number of hydrogen-bond donors (Lipinski definition) is 2. The highest BCUT2D eigenvalue weighted by Crippen LogP contribution is 2.65. The quantitative estimate of drug-likeness (QED) is 0.254. The Morgan fingerprint density at radius 3 is 2.63 bits per heavy atom. The van der Waals surface area contributed by atoms with Gasteiger partial charge in [-0.15, -0.1) is 0 Å². The Hall–Kier alpha value is -1.98. The van der Waals surface area contributed by atoms with E-state index >= 15 is 0 Å². The third-order valence-corrected chi connectivity index (χ3v) is 11.9. The molecule has 0 spiro atoms. The van der Waals surface area contributed by atoms with Gasteiger partial charge in [0.2, 0.25) is 5.91 Å². The van der Waals surface area contributed by atoms with E-state index in [1.807, 2.05) is 24.1 Å². The van der Waals surface area contributed by atoms with Crippen LogP contribution in [0.25, 0.3) is 0 Å². The second-order valence-corrected chi connectivity index (χ2v) is 14.5. The average Bonchev–Trinajstić information content (AvgIpc) is 3.28. The lowest BCUT2D eigenvalue weighted by Gasteiger charge is -2.54. The molecule has 2 aromatic rings. The maximum Gasteiger partial charge on any atom is 0.232 e. The van der Waals surface area contributed by atoms with Crippen molar-refractivity contribution in [2.75, 3.05) is 25.1 Å². The molecule has 3 aliphatic carbocycles. The van der Waals surface area contributed by atoms with Crippen LogP contribution < -0.4 is 0 Å².